The van der Waals surface area contributed by atoms with Crippen LogP contribution in [0, 0.1) is 0 Å². The molecule has 3 aromatic heterocycles. The van der Waals surface area contributed by atoms with Crippen molar-refractivity contribution in [2.75, 3.05) is 5.73 Å². The summed E-state index contributed by atoms with van der Waals surface area (Å²) in [7, 11) is 0. The third-order valence-electron chi connectivity index (χ3n) is 2.45. The quantitative estimate of drug-likeness (QED) is 0.688. The fourth-order valence-corrected chi connectivity index (χ4v) is 1.60. The highest BCUT2D eigenvalue weighted by Crippen LogP contribution is 2.23. The third kappa shape index (κ3) is 1.65. The lowest BCUT2D eigenvalue weighted by Crippen LogP contribution is -1.96. The lowest BCUT2D eigenvalue weighted by molar-refractivity contribution is 0.847. The van der Waals surface area contributed by atoms with Crippen molar-refractivity contribution < 1.29 is 0 Å². The van der Waals surface area contributed by atoms with E-state index in [2.05, 4.69) is 20.3 Å². The zero-order valence-corrected chi connectivity index (χ0v) is 8.91. The first-order valence-corrected chi connectivity index (χ1v) is 5.10. The van der Waals surface area contributed by atoms with Gasteiger partial charge in [0.25, 0.3) is 0 Å². The molecule has 0 aromatic carbocycles. The van der Waals surface area contributed by atoms with Crippen molar-refractivity contribution in [1.29, 1.82) is 0 Å². The number of nitrogens with one attached hydrogen (secondary N) is 1. The van der Waals surface area contributed by atoms with E-state index in [4.69, 9.17) is 5.73 Å². The average Bonchev–Trinajstić information content (AvgIpc) is 2.98. The smallest absolute Gasteiger partial charge is 0.153 e. The molecule has 6 heteroatoms. The summed E-state index contributed by atoms with van der Waals surface area (Å²) in [5, 5.41) is 10.8. The topological polar surface area (TPSA) is 85.4 Å². The molecule has 0 bridgehead atoms. The first-order chi connectivity index (χ1) is 8.34. The van der Waals surface area contributed by atoms with E-state index < -0.39 is 0 Å². The molecule has 0 radical (unpaired) electrons. The SMILES string of the molecule is Nc1[nH]ncc1-c1cnn(-c2ccccn2)c1. The van der Waals surface area contributed by atoms with Gasteiger partial charge in [0.05, 0.1) is 12.4 Å². The van der Waals surface area contributed by atoms with Gasteiger partial charge in [0.15, 0.2) is 5.82 Å². The van der Waals surface area contributed by atoms with Gasteiger partial charge in [0.1, 0.15) is 5.82 Å². The highest BCUT2D eigenvalue weighted by molar-refractivity contribution is 5.72. The summed E-state index contributed by atoms with van der Waals surface area (Å²) in [5.41, 5.74) is 7.49. The number of rotatable bonds is 2. The van der Waals surface area contributed by atoms with E-state index in [1.54, 1.807) is 23.3 Å². The van der Waals surface area contributed by atoms with Gasteiger partial charge in [0.2, 0.25) is 0 Å². The van der Waals surface area contributed by atoms with Crippen molar-refractivity contribution in [3.05, 3.63) is 43.0 Å². The average molecular weight is 226 g/mol. The number of H-pyrrole nitrogens is 1. The van der Waals surface area contributed by atoms with Gasteiger partial charge in [-0.3, -0.25) is 5.10 Å². The fourth-order valence-electron chi connectivity index (χ4n) is 1.60. The maximum atomic E-state index is 5.75. The van der Waals surface area contributed by atoms with Crippen LogP contribution in [-0.4, -0.2) is 25.0 Å². The number of hydrogen-bond acceptors (Lipinski definition) is 4. The Labute approximate surface area is 97.1 Å². The van der Waals surface area contributed by atoms with Crippen LogP contribution in [0.2, 0.25) is 0 Å². The molecule has 0 atom stereocenters. The van der Waals surface area contributed by atoms with Crippen LogP contribution in [0.1, 0.15) is 0 Å². The highest BCUT2D eigenvalue weighted by Gasteiger charge is 2.08. The first-order valence-electron chi connectivity index (χ1n) is 5.10. The summed E-state index contributed by atoms with van der Waals surface area (Å²) in [6.45, 7) is 0. The van der Waals surface area contributed by atoms with E-state index in [-0.39, 0.29) is 0 Å². The van der Waals surface area contributed by atoms with Crippen molar-refractivity contribution in [2.45, 2.75) is 0 Å². The summed E-state index contributed by atoms with van der Waals surface area (Å²) in [5.74, 6) is 1.30. The van der Waals surface area contributed by atoms with Crippen molar-refractivity contribution >= 4 is 5.82 Å². The molecule has 3 rings (SSSR count). The molecule has 0 aliphatic carbocycles. The fraction of sp³-hybridized carbons (Fsp3) is 0. The van der Waals surface area contributed by atoms with E-state index in [9.17, 15) is 0 Å². The Hall–Kier alpha value is -2.63. The lowest BCUT2D eigenvalue weighted by Gasteiger charge is -1.97. The summed E-state index contributed by atoms with van der Waals surface area (Å²) >= 11 is 0. The molecule has 17 heavy (non-hydrogen) atoms. The molecular formula is C11H10N6. The number of aromatic amines is 1. The van der Waals surface area contributed by atoms with Crippen LogP contribution in [0.25, 0.3) is 16.9 Å². The maximum absolute atomic E-state index is 5.75. The number of nitrogens with two attached hydrogens (primary N) is 1. The third-order valence-corrected chi connectivity index (χ3v) is 2.45. The van der Waals surface area contributed by atoms with Crippen molar-refractivity contribution in [3.8, 4) is 16.9 Å². The Morgan fingerprint density at radius 3 is 2.88 bits per heavy atom. The van der Waals surface area contributed by atoms with Gasteiger partial charge in [-0.15, -0.1) is 0 Å². The number of aromatic nitrogens is 5. The van der Waals surface area contributed by atoms with Gasteiger partial charge < -0.3 is 5.73 Å². The van der Waals surface area contributed by atoms with Crippen LogP contribution in [0.3, 0.4) is 0 Å². The Bertz CT molecular complexity index is 624. The maximum Gasteiger partial charge on any atom is 0.153 e. The molecule has 3 N–H and O–H groups in total. The van der Waals surface area contributed by atoms with E-state index in [0.29, 0.717) is 5.82 Å². The number of nitrogen functional groups attached to an aromatic ring is 1. The summed E-state index contributed by atoms with van der Waals surface area (Å²) < 4.78 is 1.70. The van der Waals surface area contributed by atoms with Gasteiger partial charge in [-0.05, 0) is 12.1 Å². The normalized spacial score (nSPS) is 10.6. The Morgan fingerprint density at radius 2 is 2.18 bits per heavy atom. The van der Waals surface area contributed by atoms with Crippen LogP contribution in [0.4, 0.5) is 5.82 Å². The highest BCUT2D eigenvalue weighted by atomic mass is 15.3. The van der Waals surface area contributed by atoms with Gasteiger partial charge in [-0.2, -0.15) is 10.2 Å². The van der Waals surface area contributed by atoms with Crippen LogP contribution in [0.15, 0.2) is 43.0 Å². The van der Waals surface area contributed by atoms with Crippen LogP contribution < -0.4 is 5.73 Å². The van der Waals surface area contributed by atoms with Crippen molar-refractivity contribution in [1.82, 2.24) is 25.0 Å². The Balaban J connectivity index is 2.02. The monoisotopic (exact) mass is 226 g/mol. The predicted molar refractivity (Wildman–Crippen MR) is 63.4 cm³/mol. The molecule has 0 saturated heterocycles. The first kappa shape index (κ1) is 9.59. The summed E-state index contributed by atoms with van der Waals surface area (Å²) in [6.07, 6.45) is 7.00. The zero-order valence-electron chi connectivity index (χ0n) is 8.91. The summed E-state index contributed by atoms with van der Waals surface area (Å²) in [6, 6.07) is 5.66. The Kier molecular flexibility index (Phi) is 2.11. The molecule has 0 unspecified atom stereocenters. The molecule has 84 valence electrons. The molecule has 0 amide bonds. The molecule has 3 heterocycles. The molecule has 3 aromatic rings. The molecular weight excluding hydrogens is 216 g/mol. The predicted octanol–water partition coefficient (Wildman–Crippen LogP) is 1.24. The van der Waals surface area contributed by atoms with Gasteiger partial charge >= 0.3 is 0 Å². The number of nitrogens with zero attached hydrogens (tertiary/aromatic N) is 4. The van der Waals surface area contributed by atoms with Crippen molar-refractivity contribution in [3.63, 3.8) is 0 Å². The van der Waals surface area contributed by atoms with E-state index >= 15 is 0 Å². The number of pyridine rings is 1. The lowest BCUT2D eigenvalue weighted by atomic mass is 10.2. The molecule has 0 aliphatic heterocycles. The van der Waals surface area contributed by atoms with Gasteiger partial charge in [-0.25, -0.2) is 9.67 Å². The molecule has 0 fully saturated rings. The minimum atomic E-state index is 0.533. The second-order valence-corrected chi connectivity index (χ2v) is 3.56. The molecule has 0 spiro atoms. The zero-order chi connectivity index (χ0) is 11.7. The standard InChI is InChI=1S/C11H10N6/c12-11-9(6-14-16-11)8-5-15-17(7-8)10-3-1-2-4-13-10/h1-7H,(H3,12,14,16). The van der Waals surface area contributed by atoms with Crippen LogP contribution >= 0.6 is 0 Å². The second kappa shape index (κ2) is 3.75. The minimum absolute atomic E-state index is 0.533. The van der Waals surface area contributed by atoms with Crippen LogP contribution in [0.5, 0.6) is 0 Å². The molecule has 0 aliphatic rings. The van der Waals surface area contributed by atoms with E-state index in [1.165, 1.54) is 0 Å². The minimum Gasteiger partial charge on any atom is -0.384 e. The van der Waals surface area contributed by atoms with Gasteiger partial charge in [-0.1, -0.05) is 6.07 Å². The van der Waals surface area contributed by atoms with Crippen LogP contribution in [-0.2, 0) is 0 Å². The largest absolute Gasteiger partial charge is 0.384 e. The Morgan fingerprint density at radius 1 is 1.24 bits per heavy atom. The second-order valence-electron chi connectivity index (χ2n) is 3.56. The molecule has 0 saturated carbocycles. The van der Waals surface area contributed by atoms with E-state index in [0.717, 1.165) is 16.9 Å². The van der Waals surface area contributed by atoms with Crippen molar-refractivity contribution in [2.24, 2.45) is 0 Å². The number of anilines is 1. The number of hydrogen-bond donors (Lipinski definition) is 2. The summed E-state index contributed by atoms with van der Waals surface area (Å²) in [4.78, 5) is 4.21. The van der Waals surface area contributed by atoms with E-state index in [1.807, 2.05) is 24.4 Å². The molecule has 6 nitrogen and oxygen atoms in total. The van der Waals surface area contributed by atoms with Gasteiger partial charge in [0, 0.05) is 23.5 Å².